The lowest BCUT2D eigenvalue weighted by molar-refractivity contribution is -0.116. The largest absolute Gasteiger partial charge is 0.353 e. The fourth-order valence-electron chi connectivity index (χ4n) is 1.70. The van der Waals surface area contributed by atoms with E-state index >= 15 is 0 Å². The summed E-state index contributed by atoms with van der Waals surface area (Å²) >= 11 is 0. The van der Waals surface area contributed by atoms with Gasteiger partial charge in [-0.3, -0.25) is 4.79 Å². The Morgan fingerprint density at radius 1 is 0.941 bits per heavy atom. The van der Waals surface area contributed by atoms with Gasteiger partial charge in [-0.05, 0) is 25.3 Å². The molecule has 0 aromatic carbocycles. The van der Waals surface area contributed by atoms with Gasteiger partial charge < -0.3 is 5.32 Å². The topological polar surface area (TPSA) is 29.1 Å². The van der Waals surface area contributed by atoms with Crippen molar-refractivity contribution in [3.05, 3.63) is 12.2 Å². The maximum atomic E-state index is 11.3. The lowest BCUT2D eigenvalue weighted by Gasteiger charge is -2.00. The van der Waals surface area contributed by atoms with Crippen LogP contribution in [-0.2, 0) is 4.79 Å². The van der Waals surface area contributed by atoms with Gasteiger partial charge in [-0.2, -0.15) is 0 Å². The van der Waals surface area contributed by atoms with Crippen LogP contribution >= 0.6 is 0 Å². The Hall–Kier alpha value is -0.790. The fraction of sp³-hybridized carbons (Fsp3) is 0.800. The minimum absolute atomic E-state index is 0.0645. The zero-order valence-corrected chi connectivity index (χ0v) is 11.6. The minimum Gasteiger partial charge on any atom is -0.353 e. The molecule has 0 radical (unpaired) electrons. The van der Waals surface area contributed by atoms with Crippen molar-refractivity contribution in [3.8, 4) is 0 Å². The molecule has 0 aromatic heterocycles. The predicted molar refractivity (Wildman–Crippen MR) is 75.1 cm³/mol. The number of unbranched alkanes of at least 4 members (excludes halogenated alkanes) is 7. The van der Waals surface area contributed by atoms with Crippen molar-refractivity contribution < 1.29 is 4.79 Å². The van der Waals surface area contributed by atoms with Crippen molar-refractivity contribution in [3.63, 3.8) is 0 Å². The van der Waals surface area contributed by atoms with Gasteiger partial charge in [0.25, 0.3) is 0 Å². The Morgan fingerprint density at radius 3 is 2.29 bits per heavy atom. The lowest BCUT2D eigenvalue weighted by Crippen LogP contribution is -2.21. The number of hydrogen-bond donors (Lipinski definition) is 1. The van der Waals surface area contributed by atoms with E-state index in [-0.39, 0.29) is 5.91 Å². The van der Waals surface area contributed by atoms with Crippen molar-refractivity contribution in [2.45, 2.75) is 71.6 Å². The van der Waals surface area contributed by atoms with Gasteiger partial charge >= 0.3 is 0 Å². The fourth-order valence-corrected chi connectivity index (χ4v) is 1.70. The molecule has 0 spiro atoms. The van der Waals surface area contributed by atoms with Crippen molar-refractivity contribution in [1.29, 1.82) is 0 Å². The Bertz CT molecular complexity index is 199. The molecule has 0 saturated heterocycles. The molecule has 0 aliphatic heterocycles. The molecule has 0 aliphatic carbocycles. The van der Waals surface area contributed by atoms with Gasteiger partial charge in [-0.1, -0.05) is 58.4 Å². The second-order valence-electron chi connectivity index (χ2n) is 4.60. The molecular weight excluding hydrogens is 210 g/mol. The van der Waals surface area contributed by atoms with E-state index in [1.54, 1.807) is 6.08 Å². The summed E-state index contributed by atoms with van der Waals surface area (Å²) in [5.41, 5.74) is 0. The molecule has 2 nitrogen and oxygen atoms in total. The van der Waals surface area contributed by atoms with Gasteiger partial charge in [0.1, 0.15) is 0 Å². The molecule has 0 aliphatic rings. The van der Waals surface area contributed by atoms with Crippen molar-refractivity contribution >= 4 is 5.91 Å². The van der Waals surface area contributed by atoms with Gasteiger partial charge in [-0.15, -0.1) is 0 Å². The summed E-state index contributed by atoms with van der Waals surface area (Å²) in [5.74, 6) is 0.0645. The van der Waals surface area contributed by atoms with Gasteiger partial charge in [0.2, 0.25) is 5.91 Å². The van der Waals surface area contributed by atoms with Gasteiger partial charge in [-0.25, -0.2) is 0 Å². The number of carbonyl (C=O) groups excluding carboxylic acids is 1. The number of nitrogens with one attached hydrogen (secondary N) is 1. The van der Waals surface area contributed by atoms with Crippen LogP contribution in [0.4, 0.5) is 0 Å². The maximum absolute atomic E-state index is 11.3. The van der Waals surface area contributed by atoms with Gasteiger partial charge in [0, 0.05) is 6.54 Å². The van der Waals surface area contributed by atoms with E-state index in [2.05, 4.69) is 19.2 Å². The van der Waals surface area contributed by atoms with Crippen LogP contribution in [0, 0.1) is 0 Å². The monoisotopic (exact) mass is 239 g/mol. The summed E-state index contributed by atoms with van der Waals surface area (Å²) in [4.78, 5) is 11.3. The minimum atomic E-state index is 0.0645. The summed E-state index contributed by atoms with van der Waals surface area (Å²) in [6.07, 6.45) is 14.7. The Morgan fingerprint density at radius 2 is 1.59 bits per heavy atom. The molecule has 100 valence electrons. The third-order valence-corrected chi connectivity index (χ3v) is 2.82. The zero-order valence-electron chi connectivity index (χ0n) is 11.6. The van der Waals surface area contributed by atoms with Gasteiger partial charge in [0.15, 0.2) is 0 Å². The first kappa shape index (κ1) is 16.2. The highest BCUT2D eigenvalue weighted by Crippen LogP contribution is 2.05. The van der Waals surface area contributed by atoms with Crippen LogP contribution in [0.2, 0.25) is 0 Å². The zero-order chi connectivity index (χ0) is 12.8. The smallest absolute Gasteiger partial charge is 0.243 e. The van der Waals surface area contributed by atoms with Crippen molar-refractivity contribution in [1.82, 2.24) is 5.32 Å². The molecule has 1 N–H and O–H groups in total. The molecule has 0 heterocycles. The van der Waals surface area contributed by atoms with E-state index in [0.717, 1.165) is 19.4 Å². The van der Waals surface area contributed by atoms with Crippen molar-refractivity contribution in [2.75, 3.05) is 6.54 Å². The van der Waals surface area contributed by atoms with Crippen LogP contribution in [0.5, 0.6) is 0 Å². The first-order valence-corrected chi connectivity index (χ1v) is 7.25. The van der Waals surface area contributed by atoms with Gasteiger partial charge in [0.05, 0.1) is 0 Å². The quantitative estimate of drug-likeness (QED) is 0.425. The second kappa shape index (κ2) is 13.3. The molecule has 0 unspecified atom stereocenters. The third kappa shape index (κ3) is 13.1. The molecular formula is C15H29NO. The Kier molecular flexibility index (Phi) is 12.7. The van der Waals surface area contributed by atoms with Crippen LogP contribution in [0.1, 0.15) is 71.6 Å². The molecule has 0 atom stereocenters. The van der Waals surface area contributed by atoms with Crippen LogP contribution in [0.25, 0.3) is 0 Å². The lowest BCUT2D eigenvalue weighted by atomic mass is 10.1. The number of hydrogen-bond acceptors (Lipinski definition) is 1. The first-order valence-electron chi connectivity index (χ1n) is 7.25. The third-order valence-electron chi connectivity index (χ3n) is 2.82. The average Bonchev–Trinajstić information content (AvgIpc) is 2.33. The number of allylic oxidation sites excluding steroid dienone is 1. The summed E-state index contributed by atoms with van der Waals surface area (Å²) in [6.45, 7) is 5.20. The van der Waals surface area contributed by atoms with Crippen LogP contribution in [0.3, 0.4) is 0 Å². The van der Waals surface area contributed by atoms with E-state index < -0.39 is 0 Å². The molecule has 17 heavy (non-hydrogen) atoms. The van der Waals surface area contributed by atoms with Crippen molar-refractivity contribution in [2.24, 2.45) is 0 Å². The predicted octanol–water partition coefficient (Wildman–Crippen LogP) is 4.21. The van der Waals surface area contributed by atoms with E-state index in [4.69, 9.17) is 0 Å². The molecule has 0 fully saturated rings. The highest BCUT2D eigenvalue weighted by atomic mass is 16.1. The average molecular weight is 239 g/mol. The van der Waals surface area contributed by atoms with Crippen LogP contribution < -0.4 is 5.32 Å². The number of amides is 1. The highest BCUT2D eigenvalue weighted by Gasteiger charge is 1.93. The summed E-state index contributed by atoms with van der Waals surface area (Å²) < 4.78 is 0. The summed E-state index contributed by atoms with van der Waals surface area (Å²) in [5, 5.41) is 2.90. The molecule has 0 bridgehead atoms. The van der Waals surface area contributed by atoms with Crippen LogP contribution in [-0.4, -0.2) is 12.5 Å². The second-order valence-corrected chi connectivity index (χ2v) is 4.60. The number of rotatable bonds is 11. The Balaban J connectivity index is 3.28. The maximum Gasteiger partial charge on any atom is 0.243 e. The molecule has 2 heteroatoms. The van der Waals surface area contributed by atoms with E-state index in [1.165, 1.54) is 44.9 Å². The van der Waals surface area contributed by atoms with E-state index in [9.17, 15) is 4.79 Å². The standard InChI is InChI=1S/C15H29NO/c1-3-5-7-8-9-10-11-13-15(17)16-14-12-6-4-2/h11,13H,3-10,12,14H2,1-2H3,(H,16,17)/b13-11+. The number of carbonyl (C=O) groups is 1. The highest BCUT2D eigenvalue weighted by molar-refractivity contribution is 5.87. The molecule has 1 amide bonds. The summed E-state index contributed by atoms with van der Waals surface area (Å²) in [6, 6.07) is 0. The first-order chi connectivity index (χ1) is 8.31. The molecule has 0 rings (SSSR count). The summed E-state index contributed by atoms with van der Waals surface area (Å²) in [7, 11) is 0. The van der Waals surface area contributed by atoms with E-state index in [1.807, 2.05) is 6.08 Å². The molecule has 0 aromatic rings. The van der Waals surface area contributed by atoms with E-state index in [0.29, 0.717) is 0 Å². The normalized spacial score (nSPS) is 10.9. The SMILES string of the molecule is CCCCCCC/C=C/C(=O)NCCCCC. The van der Waals surface area contributed by atoms with Crippen LogP contribution in [0.15, 0.2) is 12.2 Å². The molecule has 0 saturated carbocycles. The Labute approximate surface area is 107 Å².